The van der Waals surface area contributed by atoms with Crippen LogP contribution in [0.5, 0.6) is 0 Å². The number of rotatable bonds is 6. The minimum absolute atomic E-state index is 0.0168. The summed E-state index contributed by atoms with van der Waals surface area (Å²) in [6, 6.07) is 1.72. The highest BCUT2D eigenvalue weighted by Crippen LogP contribution is 2.16. The Labute approximate surface area is 141 Å². The summed E-state index contributed by atoms with van der Waals surface area (Å²) in [5, 5.41) is 2.66. The van der Waals surface area contributed by atoms with E-state index in [4.69, 9.17) is 4.74 Å². The summed E-state index contributed by atoms with van der Waals surface area (Å²) in [6.07, 6.45) is 2.05. The molecule has 0 radical (unpaired) electrons. The van der Waals surface area contributed by atoms with Crippen LogP contribution in [0, 0.1) is 13.8 Å². The molecule has 1 fully saturated rings. The van der Waals surface area contributed by atoms with Gasteiger partial charge in [0.05, 0.1) is 18.7 Å². The summed E-state index contributed by atoms with van der Waals surface area (Å²) in [4.78, 5) is 37.7. The maximum Gasteiger partial charge on any atom is 0.339 e. The predicted octanol–water partition coefficient (Wildman–Crippen LogP) is 1.02. The second-order valence-electron chi connectivity index (χ2n) is 5.96. The van der Waals surface area contributed by atoms with Gasteiger partial charge in [-0.05, 0) is 39.7 Å². The zero-order valence-corrected chi connectivity index (χ0v) is 14.6. The molecule has 0 atom stereocenters. The summed E-state index contributed by atoms with van der Waals surface area (Å²) in [5.74, 6) is -0.685. The van der Waals surface area contributed by atoms with Crippen LogP contribution >= 0.6 is 0 Å². The summed E-state index contributed by atoms with van der Waals surface area (Å²) < 4.78 is 6.77. The lowest BCUT2D eigenvalue weighted by molar-refractivity contribution is -0.132. The third-order valence-corrected chi connectivity index (χ3v) is 4.27. The maximum absolute atomic E-state index is 12.1. The van der Waals surface area contributed by atoms with Crippen molar-refractivity contribution in [3.05, 3.63) is 23.0 Å². The second kappa shape index (κ2) is 7.99. The molecule has 7 nitrogen and oxygen atoms in total. The molecule has 2 amide bonds. The van der Waals surface area contributed by atoms with Gasteiger partial charge in [0.15, 0.2) is 0 Å². The Kier molecular flexibility index (Phi) is 6.00. The number of nitrogens with zero attached hydrogens (tertiary/aromatic N) is 2. The van der Waals surface area contributed by atoms with Gasteiger partial charge in [-0.2, -0.15) is 0 Å². The van der Waals surface area contributed by atoms with E-state index in [0.29, 0.717) is 17.9 Å². The fourth-order valence-corrected chi connectivity index (χ4v) is 2.91. The van der Waals surface area contributed by atoms with Crippen LogP contribution in [0.15, 0.2) is 6.07 Å². The van der Waals surface area contributed by atoms with Gasteiger partial charge in [0, 0.05) is 24.5 Å². The largest absolute Gasteiger partial charge is 0.462 e. The van der Waals surface area contributed by atoms with Gasteiger partial charge in [0.25, 0.3) is 0 Å². The van der Waals surface area contributed by atoms with E-state index in [-0.39, 0.29) is 30.9 Å². The van der Waals surface area contributed by atoms with E-state index in [1.807, 2.05) is 6.92 Å². The molecule has 7 heteroatoms. The molecule has 1 aromatic heterocycles. The van der Waals surface area contributed by atoms with Gasteiger partial charge in [-0.3, -0.25) is 9.59 Å². The fourth-order valence-electron chi connectivity index (χ4n) is 2.91. The van der Waals surface area contributed by atoms with E-state index >= 15 is 0 Å². The summed E-state index contributed by atoms with van der Waals surface area (Å²) >= 11 is 0. The van der Waals surface area contributed by atoms with Crippen molar-refractivity contribution in [2.75, 3.05) is 26.2 Å². The molecule has 24 heavy (non-hydrogen) atoms. The normalized spacial score (nSPS) is 13.9. The second-order valence-corrected chi connectivity index (χ2v) is 5.96. The van der Waals surface area contributed by atoms with E-state index in [1.54, 1.807) is 29.4 Å². The summed E-state index contributed by atoms with van der Waals surface area (Å²) in [7, 11) is 0. The summed E-state index contributed by atoms with van der Waals surface area (Å²) in [5.41, 5.74) is 1.96. The Morgan fingerprint density at radius 1 is 1.21 bits per heavy atom. The number of carbonyl (C=O) groups is 3. The highest BCUT2D eigenvalue weighted by molar-refractivity contribution is 5.91. The van der Waals surface area contributed by atoms with E-state index in [9.17, 15) is 14.4 Å². The number of amides is 2. The highest BCUT2D eigenvalue weighted by Gasteiger charge is 2.20. The highest BCUT2D eigenvalue weighted by atomic mass is 16.5. The molecular formula is C17H25N3O4. The Morgan fingerprint density at radius 3 is 2.50 bits per heavy atom. The van der Waals surface area contributed by atoms with Crippen molar-refractivity contribution in [3.8, 4) is 0 Å². The van der Waals surface area contributed by atoms with Gasteiger partial charge in [-0.25, -0.2) is 4.79 Å². The van der Waals surface area contributed by atoms with Crippen LogP contribution in [-0.4, -0.2) is 53.5 Å². The van der Waals surface area contributed by atoms with Crippen LogP contribution in [0.2, 0.25) is 0 Å². The molecule has 1 aliphatic rings. The lowest BCUT2D eigenvalue weighted by Gasteiger charge is -2.16. The summed E-state index contributed by atoms with van der Waals surface area (Å²) in [6.45, 7) is 7.30. The molecule has 0 aliphatic carbocycles. The minimum Gasteiger partial charge on any atom is -0.462 e. The SMILES string of the molecule is CCOC(=O)c1cc(C)n(CC(=O)NCC(=O)N2CCCC2)c1C. The number of likely N-dealkylation sites (tertiary alicyclic amines) is 1. The molecule has 1 saturated heterocycles. The van der Waals surface area contributed by atoms with Gasteiger partial charge in [0.2, 0.25) is 11.8 Å². The number of nitrogens with one attached hydrogen (secondary N) is 1. The van der Waals surface area contributed by atoms with Crippen molar-refractivity contribution in [2.24, 2.45) is 0 Å². The first kappa shape index (κ1) is 18.0. The van der Waals surface area contributed by atoms with Crippen LogP contribution in [0.3, 0.4) is 0 Å². The molecular weight excluding hydrogens is 310 g/mol. The molecule has 0 saturated carbocycles. The number of carbonyl (C=O) groups excluding carboxylic acids is 3. The quantitative estimate of drug-likeness (QED) is 0.787. The van der Waals surface area contributed by atoms with Crippen molar-refractivity contribution >= 4 is 17.8 Å². The third kappa shape index (κ3) is 4.15. The van der Waals surface area contributed by atoms with E-state index < -0.39 is 0 Å². The zero-order chi connectivity index (χ0) is 17.7. The molecule has 0 bridgehead atoms. The van der Waals surface area contributed by atoms with E-state index in [2.05, 4.69) is 5.32 Å². The first-order chi connectivity index (χ1) is 11.4. The lowest BCUT2D eigenvalue weighted by Crippen LogP contribution is -2.39. The van der Waals surface area contributed by atoms with Gasteiger partial charge < -0.3 is 19.5 Å². The van der Waals surface area contributed by atoms with Gasteiger partial charge in [0.1, 0.15) is 6.54 Å². The Bertz CT molecular complexity index is 630. The van der Waals surface area contributed by atoms with Gasteiger partial charge in [-0.1, -0.05) is 0 Å². The first-order valence-electron chi connectivity index (χ1n) is 8.32. The lowest BCUT2D eigenvalue weighted by atomic mass is 10.2. The smallest absolute Gasteiger partial charge is 0.339 e. The topological polar surface area (TPSA) is 80.6 Å². The Hall–Kier alpha value is -2.31. The first-order valence-corrected chi connectivity index (χ1v) is 8.32. The molecule has 0 unspecified atom stereocenters. The number of ether oxygens (including phenoxy) is 1. The van der Waals surface area contributed by atoms with Gasteiger partial charge >= 0.3 is 5.97 Å². The number of aryl methyl sites for hydroxylation is 1. The number of esters is 1. The average molecular weight is 335 g/mol. The van der Waals surface area contributed by atoms with Crippen molar-refractivity contribution < 1.29 is 19.1 Å². The van der Waals surface area contributed by atoms with Crippen LogP contribution in [-0.2, 0) is 20.9 Å². The van der Waals surface area contributed by atoms with Crippen LogP contribution in [0.4, 0.5) is 0 Å². The fraction of sp³-hybridized carbons (Fsp3) is 0.588. The standard InChI is InChI=1S/C17H25N3O4/c1-4-24-17(23)14-9-12(2)20(13(14)3)11-15(21)18-10-16(22)19-7-5-6-8-19/h9H,4-8,10-11H2,1-3H3,(H,18,21). The molecule has 0 spiro atoms. The van der Waals surface area contributed by atoms with Crippen LogP contribution in [0.1, 0.15) is 41.5 Å². The number of hydrogen-bond acceptors (Lipinski definition) is 4. The van der Waals surface area contributed by atoms with E-state index in [0.717, 1.165) is 31.6 Å². The molecule has 2 heterocycles. The van der Waals surface area contributed by atoms with Crippen molar-refractivity contribution in [1.82, 2.24) is 14.8 Å². The number of aromatic nitrogens is 1. The third-order valence-electron chi connectivity index (χ3n) is 4.27. The molecule has 132 valence electrons. The average Bonchev–Trinajstić information content (AvgIpc) is 3.17. The molecule has 2 rings (SSSR count). The zero-order valence-electron chi connectivity index (χ0n) is 14.6. The van der Waals surface area contributed by atoms with Crippen molar-refractivity contribution in [2.45, 2.75) is 40.2 Å². The predicted molar refractivity (Wildman–Crippen MR) is 88.7 cm³/mol. The van der Waals surface area contributed by atoms with Crippen LogP contribution < -0.4 is 5.32 Å². The van der Waals surface area contributed by atoms with Crippen molar-refractivity contribution in [3.63, 3.8) is 0 Å². The Morgan fingerprint density at radius 2 is 1.88 bits per heavy atom. The minimum atomic E-state index is -0.388. The van der Waals surface area contributed by atoms with Crippen molar-refractivity contribution in [1.29, 1.82) is 0 Å². The molecule has 0 aromatic carbocycles. The molecule has 1 aromatic rings. The Balaban J connectivity index is 1.93. The van der Waals surface area contributed by atoms with E-state index in [1.165, 1.54) is 0 Å². The molecule has 1 aliphatic heterocycles. The maximum atomic E-state index is 12.1. The van der Waals surface area contributed by atoms with Crippen LogP contribution in [0.25, 0.3) is 0 Å². The molecule has 1 N–H and O–H groups in total. The monoisotopic (exact) mass is 335 g/mol. The van der Waals surface area contributed by atoms with Gasteiger partial charge in [-0.15, -0.1) is 0 Å². The number of hydrogen-bond donors (Lipinski definition) is 1.